The number of aromatic nitrogens is 4. The third-order valence-corrected chi connectivity index (χ3v) is 4.98. The van der Waals surface area contributed by atoms with Gasteiger partial charge < -0.3 is 15.0 Å². The van der Waals surface area contributed by atoms with Crippen LogP contribution in [-0.4, -0.2) is 51.4 Å². The first kappa shape index (κ1) is 21.1. The van der Waals surface area contributed by atoms with E-state index in [0.717, 1.165) is 22.9 Å². The van der Waals surface area contributed by atoms with E-state index >= 15 is 0 Å². The molecule has 0 saturated carbocycles. The van der Waals surface area contributed by atoms with E-state index in [4.69, 9.17) is 16.3 Å². The molecule has 0 unspecified atom stereocenters. The van der Waals surface area contributed by atoms with Gasteiger partial charge in [-0.05, 0) is 18.2 Å². The molecule has 1 saturated heterocycles. The van der Waals surface area contributed by atoms with E-state index in [0.29, 0.717) is 32.1 Å². The Kier molecular flexibility index (Phi) is 5.58. The third-order valence-electron chi connectivity index (χ3n) is 4.65. The maximum absolute atomic E-state index is 12.9. The highest BCUT2D eigenvalue weighted by Crippen LogP contribution is 2.33. The molecule has 9 nitrogen and oxygen atoms in total. The molecule has 3 heterocycles. The van der Waals surface area contributed by atoms with Crippen LogP contribution < -0.4 is 15.9 Å². The van der Waals surface area contributed by atoms with E-state index in [1.54, 1.807) is 0 Å². The second-order valence-electron chi connectivity index (χ2n) is 6.72. The molecule has 1 N–H and O–H groups in total. The second kappa shape index (κ2) is 8.19. The van der Waals surface area contributed by atoms with Gasteiger partial charge in [-0.3, -0.25) is 4.79 Å². The average molecular weight is 457 g/mol. The number of alkyl halides is 3. The molecular weight excluding hydrogens is 441 g/mol. The Labute approximate surface area is 178 Å². The topological polar surface area (TPSA) is 93.8 Å². The number of carbonyl (C=O) groups excluding carboxylic acids is 1. The van der Waals surface area contributed by atoms with Crippen molar-refractivity contribution >= 4 is 34.7 Å². The van der Waals surface area contributed by atoms with Crippen molar-refractivity contribution in [1.29, 1.82) is 0 Å². The van der Waals surface area contributed by atoms with Crippen LogP contribution in [0.25, 0.3) is 5.65 Å². The molecule has 31 heavy (non-hydrogen) atoms. The Bertz CT molecular complexity index is 1190. The number of anilines is 2. The highest BCUT2D eigenvalue weighted by molar-refractivity contribution is 6.33. The number of ether oxygens (including phenoxy) is 1. The molecule has 0 radical (unpaired) electrons. The van der Waals surface area contributed by atoms with Gasteiger partial charge in [0.2, 0.25) is 11.6 Å². The molecule has 1 aliphatic rings. The highest BCUT2D eigenvalue weighted by Gasteiger charge is 2.31. The van der Waals surface area contributed by atoms with Crippen molar-refractivity contribution in [2.45, 2.75) is 12.7 Å². The van der Waals surface area contributed by atoms with Gasteiger partial charge in [0.05, 0.1) is 29.5 Å². The Morgan fingerprint density at radius 3 is 2.71 bits per heavy atom. The number of carbonyl (C=O) groups is 1. The number of halogens is 4. The number of nitrogens with zero attached hydrogens (tertiary/aromatic N) is 5. The number of morpholine rings is 1. The summed E-state index contributed by atoms with van der Waals surface area (Å²) in [5.41, 5.74) is -1.50. The molecule has 1 aliphatic heterocycles. The standard InChI is InChI=1S/C18H16ClF3N6O3/c19-12-2-1-11(18(20,21)22)9-13(12)24-14(29)10-28-17(30)27-4-3-23-15(16(27)25-28)26-5-7-31-8-6-26/h1-4,9H,5-8,10H2,(H,24,29). The minimum Gasteiger partial charge on any atom is -0.378 e. The Morgan fingerprint density at radius 2 is 2.00 bits per heavy atom. The SMILES string of the molecule is O=C(Cn1nc2c(N3CCOCC3)nccn2c1=O)Nc1cc(C(F)(F)F)ccc1Cl. The van der Waals surface area contributed by atoms with Crippen LogP contribution in [0.5, 0.6) is 0 Å². The van der Waals surface area contributed by atoms with Gasteiger partial charge in [0.1, 0.15) is 6.54 Å². The molecule has 3 aromatic rings. The lowest BCUT2D eigenvalue weighted by Crippen LogP contribution is -2.37. The second-order valence-corrected chi connectivity index (χ2v) is 7.13. The number of amides is 1. The van der Waals surface area contributed by atoms with Crippen molar-refractivity contribution in [1.82, 2.24) is 19.2 Å². The summed E-state index contributed by atoms with van der Waals surface area (Å²) in [5.74, 6) is -0.282. The van der Waals surface area contributed by atoms with Crippen molar-refractivity contribution < 1.29 is 22.7 Å². The van der Waals surface area contributed by atoms with Gasteiger partial charge >= 0.3 is 11.9 Å². The normalized spacial score (nSPS) is 14.8. The zero-order valence-corrected chi connectivity index (χ0v) is 16.7. The molecule has 1 fully saturated rings. The summed E-state index contributed by atoms with van der Waals surface area (Å²) >= 11 is 5.90. The van der Waals surface area contributed by atoms with Gasteiger partial charge in [0.25, 0.3) is 0 Å². The maximum atomic E-state index is 12.9. The molecule has 164 valence electrons. The number of fused-ring (bicyclic) bond motifs is 1. The zero-order chi connectivity index (χ0) is 22.2. The predicted octanol–water partition coefficient (Wildman–Crippen LogP) is 2.04. The van der Waals surface area contributed by atoms with E-state index < -0.39 is 29.9 Å². The van der Waals surface area contributed by atoms with Gasteiger partial charge in [0, 0.05) is 25.5 Å². The minimum absolute atomic E-state index is 0.0671. The third kappa shape index (κ3) is 4.35. The number of benzene rings is 1. The van der Waals surface area contributed by atoms with Crippen LogP contribution in [0.15, 0.2) is 35.4 Å². The van der Waals surface area contributed by atoms with Gasteiger partial charge in [-0.25, -0.2) is 18.9 Å². The van der Waals surface area contributed by atoms with Crippen LogP contribution in [0.1, 0.15) is 5.56 Å². The zero-order valence-electron chi connectivity index (χ0n) is 15.9. The number of hydrogen-bond acceptors (Lipinski definition) is 6. The molecule has 1 amide bonds. The van der Waals surface area contributed by atoms with E-state index in [9.17, 15) is 22.8 Å². The Hall–Kier alpha value is -3.12. The van der Waals surface area contributed by atoms with E-state index in [2.05, 4.69) is 15.4 Å². The van der Waals surface area contributed by atoms with Crippen molar-refractivity contribution in [2.24, 2.45) is 0 Å². The average Bonchev–Trinajstić information content (AvgIpc) is 3.05. The quantitative estimate of drug-likeness (QED) is 0.646. The van der Waals surface area contributed by atoms with Crippen molar-refractivity contribution in [3.05, 3.63) is 51.7 Å². The fourth-order valence-electron chi connectivity index (χ4n) is 3.16. The van der Waals surface area contributed by atoms with Gasteiger partial charge in [-0.2, -0.15) is 13.2 Å². The van der Waals surface area contributed by atoms with Crippen LogP contribution in [0.2, 0.25) is 5.02 Å². The summed E-state index contributed by atoms with van der Waals surface area (Å²) in [6.45, 7) is 1.64. The van der Waals surface area contributed by atoms with Gasteiger partial charge in [-0.1, -0.05) is 11.6 Å². The number of nitrogens with one attached hydrogen (secondary N) is 1. The first-order valence-corrected chi connectivity index (χ1v) is 9.55. The first-order valence-electron chi connectivity index (χ1n) is 9.17. The van der Waals surface area contributed by atoms with Crippen LogP contribution in [0, 0.1) is 0 Å². The monoisotopic (exact) mass is 456 g/mol. The van der Waals surface area contributed by atoms with E-state index in [1.165, 1.54) is 16.8 Å². The molecule has 2 aromatic heterocycles. The lowest BCUT2D eigenvalue weighted by molar-refractivity contribution is -0.137. The largest absolute Gasteiger partial charge is 0.416 e. The number of rotatable bonds is 4. The molecule has 1 aromatic carbocycles. The summed E-state index contributed by atoms with van der Waals surface area (Å²) in [7, 11) is 0. The molecule has 0 atom stereocenters. The molecular formula is C18H16ClF3N6O3. The summed E-state index contributed by atoms with van der Waals surface area (Å²) in [6.07, 6.45) is -1.72. The van der Waals surface area contributed by atoms with Crippen LogP contribution >= 0.6 is 11.6 Å². The minimum atomic E-state index is -4.59. The van der Waals surface area contributed by atoms with Gasteiger partial charge in [-0.15, -0.1) is 5.10 Å². The number of hydrogen-bond donors (Lipinski definition) is 1. The van der Waals surface area contributed by atoms with Crippen molar-refractivity contribution in [3.8, 4) is 0 Å². The van der Waals surface area contributed by atoms with Crippen molar-refractivity contribution in [3.63, 3.8) is 0 Å². The Balaban J connectivity index is 1.58. The fourth-order valence-corrected chi connectivity index (χ4v) is 3.32. The van der Waals surface area contributed by atoms with Gasteiger partial charge in [0.15, 0.2) is 5.82 Å². The first-order chi connectivity index (χ1) is 14.7. The fraction of sp³-hybridized carbons (Fsp3) is 0.333. The Morgan fingerprint density at radius 1 is 1.26 bits per heavy atom. The summed E-state index contributed by atoms with van der Waals surface area (Å²) in [4.78, 5) is 31.3. The molecule has 4 rings (SSSR count). The summed E-state index contributed by atoms with van der Waals surface area (Å²) in [6, 6.07) is 2.58. The summed E-state index contributed by atoms with van der Waals surface area (Å²) < 4.78 is 46.2. The van der Waals surface area contributed by atoms with Crippen molar-refractivity contribution in [2.75, 3.05) is 36.5 Å². The maximum Gasteiger partial charge on any atom is 0.416 e. The highest BCUT2D eigenvalue weighted by atomic mass is 35.5. The van der Waals surface area contributed by atoms with E-state index in [-0.39, 0.29) is 16.4 Å². The predicted molar refractivity (Wildman–Crippen MR) is 105 cm³/mol. The lowest BCUT2D eigenvalue weighted by Gasteiger charge is -2.27. The van der Waals surface area contributed by atoms with Crippen LogP contribution in [-0.2, 0) is 22.3 Å². The smallest absolute Gasteiger partial charge is 0.378 e. The molecule has 0 spiro atoms. The molecule has 13 heteroatoms. The van der Waals surface area contributed by atoms with Crippen LogP contribution in [0.3, 0.4) is 0 Å². The summed E-state index contributed by atoms with van der Waals surface area (Å²) in [5, 5.41) is 6.43. The van der Waals surface area contributed by atoms with Crippen LogP contribution in [0.4, 0.5) is 24.7 Å². The molecule has 0 aliphatic carbocycles. The lowest BCUT2D eigenvalue weighted by atomic mass is 10.2. The van der Waals surface area contributed by atoms with E-state index in [1.807, 2.05) is 4.90 Å². The molecule has 0 bridgehead atoms.